The predicted octanol–water partition coefficient (Wildman–Crippen LogP) is 1.80. The third kappa shape index (κ3) is 3.62. The van der Waals surface area contributed by atoms with E-state index in [9.17, 15) is 9.59 Å². The molecule has 22 heavy (non-hydrogen) atoms. The number of hydrogen-bond donors (Lipinski definition) is 0. The van der Waals surface area contributed by atoms with Crippen LogP contribution in [0.4, 0.5) is 0 Å². The highest BCUT2D eigenvalue weighted by molar-refractivity contribution is 5.78. The van der Waals surface area contributed by atoms with Crippen LogP contribution >= 0.6 is 0 Å². The molecule has 0 spiro atoms. The van der Waals surface area contributed by atoms with Gasteiger partial charge in [-0.3, -0.25) is 14.5 Å². The number of carbonyl (C=O) groups is 2. The molecule has 124 valence electrons. The number of ether oxygens (including phenoxy) is 1. The van der Waals surface area contributed by atoms with E-state index in [1.54, 1.807) is 0 Å². The summed E-state index contributed by atoms with van der Waals surface area (Å²) in [5, 5.41) is 0. The second-order valence-electron chi connectivity index (χ2n) is 7.12. The fourth-order valence-corrected chi connectivity index (χ4v) is 4.12. The minimum Gasteiger partial charge on any atom is -0.461 e. The molecule has 5 nitrogen and oxygen atoms in total. The molecule has 1 amide bonds. The highest BCUT2D eigenvalue weighted by Gasteiger charge is 2.37. The second kappa shape index (κ2) is 6.99. The fourth-order valence-electron chi connectivity index (χ4n) is 4.12. The number of cyclic esters (lactones) is 1. The van der Waals surface area contributed by atoms with Gasteiger partial charge in [0.15, 0.2) is 0 Å². The molecule has 5 heteroatoms. The summed E-state index contributed by atoms with van der Waals surface area (Å²) in [5.41, 5.74) is 0. The van der Waals surface area contributed by atoms with E-state index in [0.717, 1.165) is 45.4 Å². The summed E-state index contributed by atoms with van der Waals surface area (Å²) in [6.07, 6.45) is 7.50. The number of hydrogen-bond acceptors (Lipinski definition) is 4. The van der Waals surface area contributed by atoms with Crippen LogP contribution in [-0.2, 0) is 14.3 Å². The average Bonchev–Trinajstić information content (AvgIpc) is 3.02. The summed E-state index contributed by atoms with van der Waals surface area (Å²) in [5.74, 6) is 0.840. The first-order chi connectivity index (χ1) is 10.6. The Balaban J connectivity index is 1.51. The smallest absolute Gasteiger partial charge is 0.323 e. The fraction of sp³-hybridized carbons (Fsp3) is 0.882. The quantitative estimate of drug-likeness (QED) is 0.746. The van der Waals surface area contributed by atoms with Crippen LogP contribution in [-0.4, -0.2) is 60.0 Å². The lowest BCUT2D eigenvalue weighted by atomic mass is 10.0. The summed E-state index contributed by atoms with van der Waals surface area (Å²) >= 11 is 0. The van der Waals surface area contributed by atoms with E-state index in [-0.39, 0.29) is 18.1 Å². The van der Waals surface area contributed by atoms with Gasteiger partial charge in [-0.15, -0.1) is 0 Å². The number of carbonyl (C=O) groups excluding carboxylic acids is 2. The summed E-state index contributed by atoms with van der Waals surface area (Å²) in [4.78, 5) is 28.6. The molecule has 2 saturated heterocycles. The monoisotopic (exact) mass is 308 g/mol. The molecule has 2 heterocycles. The Kier molecular flexibility index (Phi) is 5.01. The maximum atomic E-state index is 12.5. The summed E-state index contributed by atoms with van der Waals surface area (Å²) < 4.78 is 5.27. The Morgan fingerprint density at radius 3 is 2.59 bits per heavy atom. The zero-order valence-corrected chi connectivity index (χ0v) is 13.6. The van der Waals surface area contributed by atoms with Gasteiger partial charge in [0.1, 0.15) is 12.1 Å². The lowest BCUT2D eigenvalue weighted by molar-refractivity contribution is -0.144. The lowest BCUT2D eigenvalue weighted by Crippen LogP contribution is -2.41. The predicted molar refractivity (Wildman–Crippen MR) is 83.3 cm³/mol. The van der Waals surface area contributed by atoms with Crippen molar-refractivity contribution >= 4 is 11.9 Å². The molecule has 3 fully saturated rings. The third-order valence-electron chi connectivity index (χ3n) is 5.41. The molecule has 1 aliphatic carbocycles. The molecule has 0 unspecified atom stereocenters. The van der Waals surface area contributed by atoms with Crippen LogP contribution in [0.5, 0.6) is 0 Å². The average molecular weight is 308 g/mol. The second-order valence-corrected chi connectivity index (χ2v) is 7.12. The molecule has 0 aromatic heterocycles. The highest BCUT2D eigenvalue weighted by Crippen LogP contribution is 2.28. The van der Waals surface area contributed by atoms with Crippen molar-refractivity contribution in [3.63, 3.8) is 0 Å². The van der Waals surface area contributed by atoms with Gasteiger partial charge in [-0.2, -0.15) is 0 Å². The van der Waals surface area contributed by atoms with Gasteiger partial charge in [0.05, 0.1) is 0 Å². The molecule has 2 atom stereocenters. The first kappa shape index (κ1) is 15.8. The topological polar surface area (TPSA) is 49.9 Å². The number of esters is 1. The van der Waals surface area contributed by atoms with E-state index in [2.05, 4.69) is 4.90 Å². The van der Waals surface area contributed by atoms with Crippen LogP contribution in [0.3, 0.4) is 0 Å². The van der Waals surface area contributed by atoms with Gasteiger partial charge in [-0.1, -0.05) is 12.8 Å². The van der Waals surface area contributed by atoms with Crippen molar-refractivity contribution in [3.8, 4) is 0 Å². The van der Waals surface area contributed by atoms with Gasteiger partial charge in [-0.25, -0.2) is 0 Å². The van der Waals surface area contributed by atoms with E-state index >= 15 is 0 Å². The van der Waals surface area contributed by atoms with Crippen molar-refractivity contribution in [1.82, 2.24) is 9.80 Å². The molecular formula is C17H28N2O3. The molecule has 0 bridgehead atoms. The van der Waals surface area contributed by atoms with Crippen LogP contribution in [0.1, 0.15) is 51.9 Å². The van der Waals surface area contributed by atoms with Crippen molar-refractivity contribution < 1.29 is 14.3 Å². The van der Waals surface area contributed by atoms with Crippen molar-refractivity contribution in [2.45, 2.75) is 64.0 Å². The Hall–Kier alpha value is -1.10. The Morgan fingerprint density at radius 2 is 1.91 bits per heavy atom. The van der Waals surface area contributed by atoms with E-state index < -0.39 is 0 Å². The third-order valence-corrected chi connectivity index (χ3v) is 5.41. The summed E-state index contributed by atoms with van der Waals surface area (Å²) in [7, 11) is 0. The van der Waals surface area contributed by atoms with E-state index in [1.165, 1.54) is 25.7 Å². The van der Waals surface area contributed by atoms with Gasteiger partial charge in [0.25, 0.3) is 0 Å². The minimum atomic E-state index is -0.0973. The van der Waals surface area contributed by atoms with Crippen molar-refractivity contribution in [2.75, 3.05) is 26.2 Å². The molecule has 3 rings (SSSR count). The maximum absolute atomic E-state index is 12.5. The standard InChI is InChI=1S/C17H28N2O3/c1-13-11-15(17(21)22-13)18-7-4-8-19(10-9-18)16(20)12-14-5-2-3-6-14/h13-15H,2-12H2,1H3/t13-,15-/m0/s1. The lowest BCUT2D eigenvalue weighted by Gasteiger charge is -2.25. The number of amides is 1. The van der Waals surface area contributed by atoms with Crippen LogP contribution in [0.2, 0.25) is 0 Å². The van der Waals surface area contributed by atoms with Crippen molar-refractivity contribution in [1.29, 1.82) is 0 Å². The molecule has 2 aliphatic heterocycles. The molecule has 0 aromatic rings. The molecule has 0 N–H and O–H groups in total. The largest absolute Gasteiger partial charge is 0.461 e. The maximum Gasteiger partial charge on any atom is 0.323 e. The Bertz CT molecular complexity index is 420. The van der Waals surface area contributed by atoms with Crippen LogP contribution < -0.4 is 0 Å². The SMILES string of the molecule is C[C@H]1C[C@H](N2CCCN(C(=O)CC3CCCC3)CC2)C(=O)O1. The molecule has 0 radical (unpaired) electrons. The van der Waals surface area contributed by atoms with E-state index in [1.807, 2.05) is 11.8 Å². The van der Waals surface area contributed by atoms with Crippen molar-refractivity contribution in [2.24, 2.45) is 5.92 Å². The highest BCUT2D eigenvalue weighted by atomic mass is 16.6. The van der Waals surface area contributed by atoms with Gasteiger partial charge < -0.3 is 9.64 Å². The van der Waals surface area contributed by atoms with Gasteiger partial charge >= 0.3 is 5.97 Å². The first-order valence-electron chi connectivity index (χ1n) is 8.86. The van der Waals surface area contributed by atoms with Gasteiger partial charge in [0, 0.05) is 39.0 Å². The van der Waals surface area contributed by atoms with Crippen molar-refractivity contribution in [3.05, 3.63) is 0 Å². The number of nitrogens with zero attached hydrogens (tertiary/aromatic N) is 2. The normalized spacial score (nSPS) is 31.3. The molecule has 3 aliphatic rings. The first-order valence-corrected chi connectivity index (χ1v) is 8.86. The molecule has 0 aromatic carbocycles. The van der Waals surface area contributed by atoms with E-state index in [4.69, 9.17) is 4.74 Å². The van der Waals surface area contributed by atoms with Crippen LogP contribution in [0.25, 0.3) is 0 Å². The molecule has 1 saturated carbocycles. The zero-order chi connectivity index (χ0) is 15.5. The minimum absolute atomic E-state index is 0.0286. The van der Waals surface area contributed by atoms with E-state index in [0.29, 0.717) is 11.8 Å². The van der Waals surface area contributed by atoms with Gasteiger partial charge in [-0.05, 0) is 32.1 Å². The Morgan fingerprint density at radius 1 is 1.14 bits per heavy atom. The van der Waals surface area contributed by atoms with Crippen LogP contribution in [0, 0.1) is 5.92 Å². The van der Waals surface area contributed by atoms with Crippen LogP contribution in [0.15, 0.2) is 0 Å². The molecular weight excluding hydrogens is 280 g/mol. The Labute approximate surface area is 133 Å². The summed E-state index contributed by atoms with van der Waals surface area (Å²) in [6.45, 7) is 5.22. The zero-order valence-electron chi connectivity index (χ0n) is 13.6. The number of rotatable bonds is 3. The summed E-state index contributed by atoms with van der Waals surface area (Å²) in [6, 6.07) is -0.0973. The van der Waals surface area contributed by atoms with Gasteiger partial charge in [0.2, 0.25) is 5.91 Å².